The fourth-order valence-electron chi connectivity index (χ4n) is 7.43. The van der Waals surface area contributed by atoms with Gasteiger partial charge in [0, 0.05) is 42.4 Å². The minimum absolute atomic E-state index is 0.146. The Morgan fingerprint density at radius 1 is 0.912 bits per heavy atom. The predicted molar refractivity (Wildman–Crippen MR) is 108 cm³/mol. The molecule has 12 atom stereocenters. The second-order valence-electron chi connectivity index (χ2n) is 10.3. The average molecular weight is 472 g/mol. The molecule has 0 aromatic carbocycles. The van der Waals surface area contributed by atoms with Crippen molar-refractivity contribution in [3.63, 3.8) is 0 Å². The van der Waals surface area contributed by atoms with Gasteiger partial charge in [0.05, 0.1) is 23.9 Å². The summed E-state index contributed by atoms with van der Waals surface area (Å²) in [7, 11) is 0. The molecule has 3 saturated heterocycles. The summed E-state index contributed by atoms with van der Waals surface area (Å²) in [5, 5.41) is 0. The Kier molecular flexibility index (Phi) is 3.88. The van der Waals surface area contributed by atoms with Crippen molar-refractivity contribution in [2.24, 2.45) is 17.3 Å². The molecule has 180 valence electrons. The summed E-state index contributed by atoms with van der Waals surface area (Å²) < 4.78 is 35.2. The van der Waals surface area contributed by atoms with Gasteiger partial charge in [-0.3, -0.25) is 19.2 Å². The van der Waals surface area contributed by atoms with Gasteiger partial charge in [0.1, 0.15) is 24.4 Å². The van der Waals surface area contributed by atoms with Crippen molar-refractivity contribution in [3.8, 4) is 0 Å². The Morgan fingerprint density at radius 2 is 1.56 bits per heavy atom. The van der Waals surface area contributed by atoms with E-state index in [0.717, 1.165) is 0 Å². The summed E-state index contributed by atoms with van der Waals surface area (Å²) >= 11 is 0. The van der Waals surface area contributed by atoms with E-state index in [2.05, 4.69) is 0 Å². The van der Waals surface area contributed by atoms with Gasteiger partial charge in [-0.05, 0) is 13.8 Å². The topological polar surface area (TPSA) is 130 Å². The van der Waals surface area contributed by atoms with Crippen LogP contribution >= 0.6 is 0 Å². The van der Waals surface area contributed by atoms with Crippen LogP contribution in [-0.2, 0) is 47.6 Å². The largest absolute Gasteiger partial charge is 0.498 e. The Bertz CT molecular complexity index is 1140. The number of fused-ring (bicyclic) bond motifs is 3. The molecule has 8 rings (SSSR count). The van der Waals surface area contributed by atoms with E-state index in [1.54, 1.807) is 0 Å². The summed E-state index contributed by atoms with van der Waals surface area (Å²) in [4.78, 5) is 51.6. The predicted octanol–water partition coefficient (Wildman–Crippen LogP) is 0.169. The molecule has 5 heterocycles. The standard InChI is InChI=1S/C24H24O10/c1-6-11-12-13(17(32-9(4)26)20-18(33-20)15(12)27)23(30-6)24-10(5-29-7(2)14(11)24)16(31-8(3)25)19-21(34-19)22(24)28/h5-7,11,14,16-21,23H,1-4H3/t6-,7+,11-,14-,16+,17+,18+,19-,20-,21-,23+,24-/m1/s1. The molecular weight excluding hydrogens is 448 g/mol. The lowest BCUT2D eigenvalue weighted by molar-refractivity contribution is -0.212. The van der Waals surface area contributed by atoms with Gasteiger partial charge in [-0.1, -0.05) is 0 Å². The van der Waals surface area contributed by atoms with E-state index in [1.165, 1.54) is 20.1 Å². The number of hydrogen-bond donors (Lipinski definition) is 0. The van der Waals surface area contributed by atoms with Crippen LogP contribution < -0.4 is 0 Å². The van der Waals surface area contributed by atoms with Crippen LogP contribution in [0.5, 0.6) is 0 Å². The van der Waals surface area contributed by atoms with Crippen LogP contribution in [0.25, 0.3) is 0 Å². The molecule has 8 aliphatic rings. The molecule has 2 bridgehead atoms. The van der Waals surface area contributed by atoms with E-state index in [4.69, 9.17) is 28.4 Å². The number of carbonyl (C=O) groups is 4. The SMILES string of the molecule is CC(=O)O[C@H]1C2=CO[C@@H](C)[C@@H]3[C@H]4C5=C([C@H](OC(C)=O)[C@H]6O[C@H]6C5=O)[C@H](O[C@@H]4C)[C@]23C(=O)[C@@H]2O[C@@H]21. The zero-order valence-electron chi connectivity index (χ0n) is 19.0. The van der Waals surface area contributed by atoms with Crippen LogP contribution in [-0.4, -0.2) is 78.4 Å². The maximum Gasteiger partial charge on any atom is 0.303 e. The zero-order valence-corrected chi connectivity index (χ0v) is 19.0. The van der Waals surface area contributed by atoms with Crippen LogP contribution in [0.4, 0.5) is 0 Å². The summed E-state index contributed by atoms with van der Waals surface area (Å²) in [6.45, 7) is 6.35. The number of ketones is 2. The first-order chi connectivity index (χ1) is 16.2. The third kappa shape index (κ3) is 2.27. The van der Waals surface area contributed by atoms with E-state index in [1.807, 2.05) is 13.8 Å². The van der Waals surface area contributed by atoms with Crippen LogP contribution in [0, 0.1) is 17.3 Å². The molecule has 3 aliphatic carbocycles. The Labute approximate surface area is 194 Å². The third-order valence-electron chi connectivity index (χ3n) is 8.54. The molecule has 4 fully saturated rings. The van der Waals surface area contributed by atoms with Crippen molar-refractivity contribution in [2.75, 3.05) is 0 Å². The fourth-order valence-corrected chi connectivity index (χ4v) is 7.43. The molecule has 0 aromatic rings. The first-order valence-corrected chi connectivity index (χ1v) is 11.7. The van der Waals surface area contributed by atoms with Crippen molar-refractivity contribution in [2.45, 2.75) is 82.6 Å². The van der Waals surface area contributed by atoms with E-state index >= 15 is 0 Å². The normalized spacial score (nSPS) is 51.1. The van der Waals surface area contributed by atoms with Crippen molar-refractivity contribution in [1.82, 2.24) is 0 Å². The van der Waals surface area contributed by atoms with Crippen LogP contribution in [0.2, 0.25) is 0 Å². The minimum atomic E-state index is -1.27. The number of carbonyl (C=O) groups excluding carboxylic acids is 4. The van der Waals surface area contributed by atoms with Gasteiger partial charge in [-0.15, -0.1) is 0 Å². The molecule has 0 amide bonds. The number of epoxide rings is 2. The summed E-state index contributed by atoms with van der Waals surface area (Å²) in [6, 6.07) is 0. The van der Waals surface area contributed by atoms with E-state index in [-0.39, 0.29) is 17.7 Å². The lowest BCUT2D eigenvalue weighted by Gasteiger charge is -2.63. The maximum absolute atomic E-state index is 14.1. The molecule has 0 unspecified atom stereocenters. The Balaban J connectivity index is 1.47. The average Bonchev–Trinajstić information content (AvgIpc) is 3.67. The minimum Gasteiger partial charge on any atom is -0.498 e. The van der Waals surface area contributed by atoms with Crippen LogP contribution in [0.1, 0.15) is 27.7 Å². The van der Waals surface area contributed by atoms with E-state index in [0.29, 0.717) is 16.7 Å². The van der Waals surface area contributed by atoms with Crippen molar-refractivity contribution in [1.29, 1.82) is 0 Å². The zero-order chi connectivity index (χ0) is 23.8. The highest BCUT2D eigenvalue weighted by atomic mass is 16.6. The first kappa shape index (κ1) is 20.8. The molecule has 10 nitrogen and oxygen atoms in total. The number of ether oxygens (including phenoxy) is 6. The number of Topliss-reactive ketones (excluding diaryl/α,β-unsaturated/α-hetero) is 2. The van der Waals surface area contributed by atoms with Gasteiger partial charge >= 0.3 is 11.9 Å². The van der Waals surface area contributed by atoms with Gasteiger partial charge in [0.15, 0.2) is 29.9 Å². The molecule has 1 saturated carbocycles. The molecular formula is C24H24O10. The molecule has 1 spiro atoms. The molecule has 0 aromatic heterocycles. The Hall–Kier alpha value is -2.56. The molecule has 10 heteroatoms. The molecule has 0 N–H and O–H groups in total. The third-order valence-corrected chi connectivity index (χ3v) is 8.54. The highest BCUT2D eigenvalue weighted by molar-refractivity contribution is 6.06. The monoisotopic (exact) mass is 472 g/mol. The van der Waals surface area contributed by atoms with E-state index < -0.39 is 78.0 Å². The molecule has 0 radical (unpaired) electrons. The van der Waals surface area contributed by atoms with Crippen LogP contribution in [0.3, 0.4) is 0 Å². The van der Waals surface area contributed by atoms with Gasteiger partial charge in [0.25, 0.3) is 0 Å². The second-order valence-corrected chi connectivity index (χ2v) is 10.3. The van der Waals surface area contributed by atoms with E-state index in [9.17, 15) is 19.2 Å². The van der Waals surface area contributed by atoms with Gasteiger partial charge < -0.3 is 28.4 Å². The van der Waals surface area contributed by atoms with Crippen LogP contribution in [0.15, 0.2) is 23.0 Å². The Morgan fingerprint density at radius 3 is 2.26 bits per heavy atom. The number of esters is 2. The highest BCUT2D eigenvalue weighted by Gasteiger charge is 2.80. The summed E-state index contributed by atoms with van der Waals surface area (Å²) in [5.41, 5.74) is 0.228. The van der Waals surface area contributed by atoms with Gasteiger partial charge in [-0.2, -0.15) is 0 Å². The molecule has 34 heavy (non-hydrogen) atoms. The maximum atomic E-state index is 14.1. The fraction of sp³-hybridized carbons (Fsp3) is 0.667. The summed E-state index contributed by atoms with van der Waals surface area (Å²) in [5.74, 6) is -2.28. The van der Waals surface area contributed by atoms with Crippen molar-refractivity contribution in [3.05, 3.63) is 23.0 Å². The highest BCUT2D eigenvalue weighted by Crippen LogP contribution is 2.68. The first-order valence-electron chi connectivity index (χ1n) is 11.7. The molecule has 5 aliphatic heterocycles. The lowest BCUT2D eigenvalue weighted by atomic mass is 9.45. The number of hydrogen-bond acceptors (Lipinski definition) is 10. The quantitative estimate of drug-likeness (QED) is 0.405. The second kappa shape index (κ2) is 6.35. The van der Waals surface area contributed by atoms with Crippen molar-refractivity contribution >= 4 is 23.5 Å². The lowest BCUT2D eigenvalue weighted by Crippen LogP contribution is -2.73. The smallest absolute Gasteiger partial charge is 0.303 e. The van der Waals surface area contributed by atoms with Crippen molar-refractivity contribution < 1.29 is 47.6 Å². The summed E-state index contributed by atoms with van der Waals surface area (Å²) in [6.07, 6.45) is -4.43. The van der Waals surface area contributed by atoms with Gasteiger partial charge in [-0.25, -0.2) is 0 Å². The number of rotatable bonds is 2. The van der Waals surface area contributed by atoms with Gasteiger partial charge in [0.2, 0.25) is 0 Å².